The lowest BCUT2D eigenvalue weighted by molar-refractivity contribution is -0.137. The van der Waals surface area contributed by atoms with E-state index in [4.69, 9.17) is 4.74 Å². The number of carbonyl (C=O) groups excluding carboxylic acids is 3. The van der Waals surface area contributed by atoms with Gasteiger partial charge in [-0.15, -0.1) is 0 Å². The smallest absolute Gasteiger partial charge is 0.436 e. The van der Waals surface area contributed by atoms with Gasteiger partial charge in [0.2, 0.25) is 0 Å². The Kier molecular flexibility index (Phi) is 5.23. The van der Waals surface area contributed by atoms with E-state index in [0.29, 0.717) is 4.90 Å². The van der Waals surface area contributed by atoms with Crippen molar-refractivity contribution in [3.63, 3.8) is 0 Å². The molecule has 2 aromatic rings. The zero-order valence-corrected chi connectivity index (χ0v) is 16.3. The first-order valence-electron chi connectivity index (χ1n) is 8.85. The Bertz CT molecular complexity index is 1020. The van der Waals surface area contributed by atoms with Crippen LogP contribution in [0.15, 0.2) is 53.5 Å². The lowest BCUT2D eigenvalue weighted by Gasteiger charge is -2.20. The molecule has 30 heavy (non-hydrogen) atoms. The summed E-state index contributed by atoms with van der Waals surface area (Å²) in [5.74, 6) is -1.89. The van der Waals surface area contributed by atoms with Crippen molar-refractivity contribution in [2.45, 2.75) is 32.5 Å². The fourth-order valence-electron chi connectivity index (χ4n) is 2.80. The van der Waals surface area contributed by atoms with Gasteiger partial charge >= 0.3 is 12.3 Å². The summed E-state index contributed by atoms with van der Waals surface area (Å²) in [6, 6.07) is 9.63. The highest BCUT2D eigenvalue weighted by atomic mass is 19.4. The molecule has 6 nitrogen and oxygen atoms in total. The maximum Gasteiger partial charge on any atom is 0.436 e. The zero-order chi connectivity index (χ0) is 22.3. The van der Waals surface area contributed by atoms with Gasteiger partial charge in [0.15, 0.2) is 5.84 Å². The lowest BCUT2D eigenvalue weighted by atomic mass is 10.1. The monoisotopic (exact) mass is 418 g/mol. The Labute approximate surface area is 170 Å². The van der Waals surface area contributed by atoms with E-state index in [1.807, 2.05) is 0 Å². The maximum atomic E-state index is 12.9. The van der Waals surface area contributed by atoms with E-state index in [9.17, 15) is 27.6 Å². The minimum Gasteiger partial charge on any atom is -0.442 e. The van der Waals surface area contributed by atoms with Gasteiger partial charge in [-0.3, -0.25) is 9.59 Å². The first-order valence-corrected chi connectivity index (χ1v) is 8.85. The standard InChI is InChI=1S/C21H17F3N2O4/c1-20(2,3)30-19(29)25-16(12-8-10-13(11-9-12)21(22,23)24)26-17(27)14-6-4-5-7-15(14)18(26)28/h4-11H,1-3H3/b25-16-. The minimum atomic E-state index is -4.57. The third kappa shape index (κ3) is 4.24. The van der Waals surface area contributed by atoms with Crippen LogP contribution in [0.1, 0.15) is 52.6 Å². The van der Waals surface area contributed by atoms with Crippen LogP contribution in [0.4, 0.5) is 18.0 Å². The summed E-state index contributed by atoms with van der Waals surface area (Å²) in [5, 5.41) is 0. The van der Waals surface area contributed by atoms with Crippen molar-refractivity contribution in [1.82, 2.24) is 4.90 Å². The number of amides is 3. The third-order valence-electron chi connectivity index (χ3n) is 4.07. The van der Waals surface area contributed by atoms with Crippen LogP contribution in [0, 0.1) is 0 Å². The number of rotatable bonds is 1. The van der Waals surface area contributed by atoms with Crippen molar-refractivity contribution < 1.29 is 32.3 Å². The Balaban J connectivity index is 2.09. The van der Waals surface area contributed by atoms with Crippen LogP contribution >= 0.6 is 0 Å². The molecular weight excluding hydrogens is 401 g/mol. The number of benzene rings is 2. The van der Waals surface area contributed by atoms with Gasteiger partial charge in [-0.05, 0) is 45.0 Å². The third-order valence-corrected chi connectivity index (χ3v) is 4.07. The van der Waals surface area contributed by atoms with Gasteiger partial charge in [-0.1, -0.05) is 24.3 Å². The number of imide groups is 1. The van der Waals surface area contributed by atoms with Gasteiger partial charge in [0.1, 0.15) is 5.60 Å². The van der Waals surface area contributed by atoms with E-state index in [2.05, 4.69) is 4.99 Å². The van der Waals surface area contributed by atoms with Crippen LogP contribution in [-0.2, 0) is 10.9 Å². The molecule has 2 aromatic carbocycles. The highest BCUT2D eigenvalue weighted by Gasteiger charge is 2.40. The molecule has 9 heteroatoms. The molecule has 0 atom stereocenters. The molecule has 1 aliphatic rings. The highest BCUT2D eigenvalue weighted by Crippen LogP contribution is 2.30. The molecule has 1 heterocycles. The number of halogens is 3. The summed E-state index contributed by atoms with van der Waals surface area (Å²) in [7, 11) is 0. The number of ether oxygens (including phenoxy) is 1. The van der Waals surface area contributed by atoms with Crippen LogP contribution < -0.4 is 0 Å². The average molecular weight is 418 g/mol. The lowest BCUT2D eigenvalue weighted by Crippen LogP contribution is -2.38. The van der Waals surface area contributed by atoms with E-state index in [1.165, 1.54) is 12.1 Å². The largest absolute Gasteiger partial charge is 0.442 e. The molecule has 0 bridgehead atoms. The van der Waals surface area contributed by atoms with E-state index < -0.39 is 41.1 Å². The molecule has 0 spiro atoms. The second-order valence-electron chi connectivity index (χ2n) is 7.48. The fraction of sp³-hybridized carbons (Fsp3) is 0.238. The molecule has 0 N–H and O–H groups in total. The van der Waals surface area contributed by atoms with Gasteiger partial charge in [0.05, 0.1) is 16.7 Å². The van der Waals surface area contributed by atoms with Crippen LogP contribution in [-0.4, -0.2) is 34.2 Å². The predicted molar refractivity (Wildman–Crippen MR) is 101 cm³/mol. The summed E-state index contributed by atoms with van der Waals surface area (Å²) in [4.78, 5) is 42.3. The molecule has 0 saturated heterocycles. The second kappa shape index (κ2) is 7.40. The van der Waals surface area contributed by atoms with Crippen LogP contribution in [0.5, 0.6) is 0 Å². The van der Waals surface area contributed by atoms with Gasteiger partial charge in [0.25, 0.3) is 11.8 Å². The second-order valence-corrected chi connectivity index (χ2v) is 7.48. The van der Waals surface area contributed by atoms with E-state index in [-0.39, 0.29) is 16.7 Å². The first kappa shape index (κ1) is 21.2. The molecule has 0 aromatic heterocycles. The number of fused-ring (bicyclic) bond motifs is 1. The topological polar surface area (TPSA) is 76.0 Å². The molecule has 0 radical (unpaired) electrons. The quantitative estimate of drug-likeness (QED) is 0.383. The Morgan fingerprint density at radius 2 is 1.40 bits per heavy atom. The van der Waals surface area contributed by atoms with Crippen LogP contribution in [0.3, 0.4) is 0 Å². The van der Waals surface area contributed by atoms with Gasteiger partial charge in [-0.25, -0.2) is 9.69 Å². The Morgan fingerprint density at radius 3 is 1.83 bits per heavy atom. The van der Waals surface area contributed by atoms with Crippen molar-refractivity contribution in [3.05, 3.63) is 70.8 Å². The van der Waals surface area contributed by atoms with Crippen molar-refractivity contribution in [1.29, 1.82) is 0 Å². The van der Waals surface area contributed by atoms with Gasteiger partial charge < -0.3 is 4.74 Å². The van der Waals surface area contributed by atoms with Gasteiger partial charge in [-0.2, -0.15) is 18.2 Å². The normalized spacial score (nSPS) is 14.7. The molecular formula is C21H17F3N2O4. The van der Waals surface area contributed by atoms with Crippen molar-refractivity contribution >= 4 is 23.7 Å². The Morgan fingerprint density at radius 1 is 0.900 bits per heavy atom. The van der Waals surface area contributed by atoms with Gasteiger partial charge in [0, 0.05) is 5.56 Å². The molecule has 0 saturated carbocycles. The SMILES string of the molecule is CC(C)(C)OC(=O)/N=C(/c1ccc(C(F)(F)F)cc1)N1C(=O)c2ccccc2C1=O. The first-order chi connectivity index (χ1) is 13.9. The minimum absolute atomic E-state index is 0.0247. The molecule has 0 fully saturated rings. The Hall–Kier alpha value is -3.49. The average Bonchev–Trinajstić information content (AvgIpc) is 2.89. The number of hydrogen-bond acceptors (Lipinski definition) is 4. The van der Waals surface area contributed by atoms with E-state index in [0.717, 1.165) is 24.3 Å². The number of hydrogen-bond donors (Lipinski definition) is 0. The number of amidine groups is 1. The number of carbonyl (C=O) groups is 3. The summed E-state index contributed by atoms with van der Waals surface area (Å²) < 4.78 is 43.8. The number of nitrogens with zero attached hydrogens (tertiary/aromatic N) is 2. The van der Waals surface area contributed by atoms with Crippen molar-refractivity contribution in [2.75, 3.05) is 0 Å². The molecule has 3 rings (SSSR count). The number of alkyl halides is 3. The summed E-state index contributed by atoms with van der Waals surface area (Å²) in [6.07, 6.45) is -5.66. The fourth-order valence-corrected chi connectivity index (χ4v) is 2.80. The molecule has 0 unspecified atom stereocenters. The van der Waals surface area contributed by atoms with Crippen molar-refractivity contribution in [3.8, 4) is 0 Å². The summed E-state index contributed by atoms with van der Waals surface area (Å²) in [5.41, 5.74) is -1.65. The van der Waals surface area contributed by atoms with E-state index in [1.54, 1.807) is 32.9 Å². The van der Waals surface area contributed by atoms with Crippen LogP contribution in [0.25, 0.3) is 0 Å². The highest BCUT2D eigenvalue weighted by molar-refractivity contribution is 6.32. The van der Waals surface area contributed by atoms with E-state index >= 15 is 0 Å². The molecule has 1 aliphatic heterocycles. The van der Waals surface area contributed by atoms with Crippen molar-refractivity contribution in [2.24, 2.45) is 4.99 Å². The maximum absolute atomic E-state index is 12.9. The van der Waals surface area contributed by atoms with Crippen LogP contribution in [0.2, 0.25) is 0 Å². The summed E-state index contributed by atoms with van der Waals surface area (Å²) in [6.45, 7) is 4.79. The summed E-state index contributed by atoms with van der Waals surface area (Å²) >= 11 is 0. The molecule has 156 valence electrons. The zero-order valence-electron chi connectivity index (χ0n) is 16.3. The molecule has 3 amide bonds. The predicted octanol–water partition coefficient (Wildman–Crippen LogP) is 4.68. The molecule has 0 aliphatic carbocycles. The number of aliphatic imine (C=N–C) groups is 1.